The third kappa shape index (κ3) is 4.57. The molecule has 7 heteroatoms. The molecule has 1 aromatic rings. The van der Waals surface area contributed by atoms with E-state index >= 15 is 0 Å². The first-order chi connectivity index (χ1) is 11.7. The molecule has 2 aliphatic rings. The molecule has 1 aliphatic heterocycles. The number of hydrogen-bond acceptors (Lipinski definition) is 4. The van der Waals surface area contributed by atoms with E-state index in [0.717, 1.165) is 0 Å². The average molecular weight is 367 g/mol. The first kappa shape index (κ1) is 17.9. The number of likely N-dealkylation sites (tertiary alicyclic amines) is 1. The molecule has 2 fully saturated rings. The predicted octanol–water partition coefficient (Wildman–Crippen LogP) is 2.70. The molecule has 1 heterocycles. The minimum Gasteiger partial charge on any atom is -0.484 e. The molecule has 0 aromatic heterocycles. The van der Waals surface area contributed by atoms with Gasteiger partial charge in [-0.3, -0.25) is 4.79 Å². The van der Waals surface area contributed by atoms with Gasteiger partial charge in [0.1, 0.15) is 11.4 Å². The normalized spacial score (nSPS) is 24.5. The third-order valence-corrected chi connectivity index (χ3v) is 4.61. The van der Waals surface area contributed by atoms with E-state index < -0.39 is 5.60 Å². The summed E-state index contributed by atoms with van der Waals surface area (Å²) in [4.78, 5) is 25.7. The molecule has 1 aromatic carbocycles. The number of nitrogens with one attached hydrogen (secondary N) is 1. The number of nitrogens with zero attached hydrogens (tertiary/aromatic N) is 1. The topological polar surface area (TPSA) is 67.9 Å². The van der Waals surface area contributed by atoms with Gasteiger partial charge in [-0.15, -0.1) is 0 Å². The van der Waals surface area contributed by atoms with Gasteiger partial charge in [0.15, 0.2) is 6.61 Å². The van der Waals surface area contributed by atoms with Crippen molar-refractivity contribution in [2.45, 2.75) is 32.4 Å². The number of hydrogen-bond donors (Lipinski definition) is 1. The Labute approximate surface area is 152 Å². The maximum absolute atomic E-state index is 12.0. The quantitative estimate of drug-likeness (QED) is 0.889. The first-order valence-corrected chi connectivity index (χ1v) is 8.76. The van der Waals surface area contributed by atoms with Gasteiger partial charge in [-0.2, -0.15) is 0 Å². The van der Waals surface area contributed by atoms with Crippen molar-refractivity contribution in [1.82, 2.24) is 10.2 Å². The molecule has 0 bridgehead atoms. The molecular weight excluding hydrogens is 344 g/mol. The van der Waals surface area contributed by atoms with Crippen LogP contribution in [0, 0.1) is 11.8 Å². The number of amides is 2. The molecule has 2 amide bonds. The van der Waals surface area contributed by atoms with E-state index in [1.54, 1.807) is 29.2 Å². The van der Waals surface area contributed by atoms with Gasteiger partial charge in [0.25, 0.3) is 5.91 Å². The molecule has 0 spiro atoms. The van der Waals surface area contributed by atoms with Gasteiger partial charge in [0.05, 0.1) is 0 Å². The monoisotopic (exact) mass is 366 g/mol. The Bertz CT molecular complexity index is 644. The fourth-order valence-corrected chi connectivity index (χ4v) is 3.25. The maximum atomic E-state index is 12.0. The number of carbonyl (C=O) groups excluding carboxylic acids is 2. The maximum Gasteiger partial charge on any atom is 0.410 e. The van der Waals surface area contributed by atoms with Crippen LogP contribution >= 0.6 is 11.6 Å². The molecule has 136 valence electrons. The molecule has 2 unspecified atom stereocenters. The summed E-state index contributed by atoms with van der Waals surface area (Å²) in [6, 6.07) is 7.00. The molecular formula is C18H23ClN2O4. The van der Waals surface area contributed by atoms with Crippen molar-refractivity contribution in [2.24, 2.45) is 11.8 Å². The summed E-state index contributed by atoms with van der Waals surface area (Å²) in [6.45, 7) is 6.78. The lowest BCUT2D eigenvalue weighted by Crippen LogP contribution is -2.41. The van der Waals surface area contributed by atoms with Gasteiger partial charge in [0.2, 0.25) is 0 Å². The molecule has 25 heavy (non-hydrogen) atoms. The minimum absolute atomic E-state index is 0.0344. The highest BCUT2D eigenvalue weighted by Gasteiger charge is 2.57. The number of halogens is 1. The number of benzene rings is 1. The van der Waals surface area contributed by atoms with Crippen LogP contribution in [0.2, 0.25) is 5.02 Å². The van der Waals surface area contributed by atoms with Crippen LogP contribution < -0.4 is 10.1 Å². The summed E-state index contributed by atoms with van der Waals surface area (Å²) in [6.07, 6.45) is -0.282. The van der Waals surface area contributed by atoms with Gasteiger partial charge >= 0.3 is 6.09 Å². The highest BCUT2D eigenvalue weighted by molar-refractivity contribution is 6.30. The Hall–Kier alpha value is -1.95. The second kappa shape index (κ2) is 6.75. The predicted molar refractivity (Wildman–Crippen MR) is 93.7 cm³/mol. The molecule has 3 rings (SSSR count). The zero-order valence-electron chi connectivity index (χ0n) is 14.6. The van der Waals surface area contributed by atoms with E-state index in [9.17, 15) is 9.59 Å². The lowest BCUT2D eigenvalue weighted by Gasteiger charge is -2.26. The Morgan fingerprint density at radius 2 is 1.80 bits per heavy atom. The van der Waals surface area contributed by atoms with Crippen LogP contribution in [0.5, 0.6) is 5.75 Å². The molecule has 1 saturated carbocycles. The lowest BCUT2D eigenvalue weighted by atomic mass is 10.2. The summed E-state index contributed by atoms with van der Waals surface area (Å²) >= 11 is 5.80. The second-order valence-corrected chi connectivity index (χ2v) is 7.99. The minimum atomic E-state index is -0.490. The number of piperidine rings is 1. The smallest absolute Gasteiger partial charge is 0.410 e. The summed E-state index contributed by atoms with van der Waals surface area (Å²) in [5.74, 6) is 1.07. The van der Waals surface area contributed by atoms with Gasteiger partial charge in [0, 0.05) is 36.0 Å². The highest BCUT2D eigenvalue weighted by Crippen LogP contribution is 2.45. The SMILES string of the molecule is CC(C)(C)OC(=O)N1CC2C(C1)C2NC(=O)COc1ccc(Cl)cc1. The van der Waals surface area contributed by atoms with Crippen molar-refractivity contribution in [3.63, 3.8) is 0 Å². The van der Waals surface area contributed by atoms with Crippen LogP contribution in [0.4, 0.5) is 4.79 Å². The number of carbonyl (C=O) groups is 2. The lowest BCUT2D eigenvalue weighted by molar-refractivity contribution is -0.123. The standard InChI is InChI=1S/C18H23ClN2O4/c1-18(2,3)25-17(23)21-8-13-14(9-21)16(13)20-15(22)10-24-12-6-4-11(19)5-7-12/h4-7,13-14,16H,8-10H2,1-3H3,(H,20,22). The van der Waals surface area contributed by atoms with E-state index in [1.807, 2.05) is 20.8 Å². The Balaban J connectivity index is 1.38. The van der Waals surface area contributed by atoms with Crippen LogP contribution in [0.3, 0.4) is 0 Å². The van der Waals surface area contributed by atoms with Crippen molar-refractivity contribution in [3.05, 3.63) is 29.3 Å². The molecule has 6 nitrogen and oxygen atoms in total. The zero-order valence-corrected chi connectivity index (χ0v) is 15.4. The molecule has 1 saturated heterocycles. The highest BCUT2D eigenvalue weighted by atomic mass is 35.5. The van der Waals surface area contributed by atoms with E-state index in [1.165, 1.54) is 0 Å². The van der Waals surface area contributed by atoms with Gasteiger partial charge in [-0.25, -0.2) is 4.79 Å². The second-order valence-electron chi connectivity index (χ2n) is 7.55. The van der Waals surface area contributed by atoms with Crippen LogP contribution in [0.1, 0.15) is 20.8 Å². The van der Waals surface area contributed by atoms with E-state index in [4.69, 9.17) is 21.1 Å². The molecule has 1 aliphatic carbocycles. The Morgan fingerprint density at radius 1 is 1.20 bits per heavy atom. The number of fused-ring (bicyclic) bond motifs is 1. The first-order valence-electron chi connectivity index (χ1n) is 8.38. The third-order valence-electron chi connectivity index (χ3n) is 4.36. The Kier molecular flexibility index (Phi) is 4.82. The Morgan fingerprint density at radius 3 is 2.36 bits per heavy atom. The van der Waals surface area contributed by atoms with Crippen LogP contribution in [-0.4, -0.2) is 48.2 Å². The summed E-state index contributed by atoms with van der Waals surface area (Å²) in [7, 11) is 0. The van der Waals surface area contributed by atoms with Crippen LogP contribution in [-0.2, 0) is 9.53 Å². The number of ether oxygens (including phenoxy) is 2. The fourth-order valence-electron chi connectivity index (χ4n) is 3.12. The van der Waals surface area contributed by atoms with E-state index in [2.05, 4.69) is 5.32 Å². The fraction of sp³-hybridized carbons (Fsp3) is 0.556. The van der Waals surface area contributed by atoms with Crippen LogP contribution in [0.15, 0.2) is 24.3 Å². The summed E-state index contributed by atoms with van der Waals surface area (Å²) in [5.41, 5.74) is -0.490. The van der Waals surface area contributed by atoms with Crippen molar-refractivity contribution in [1.29, 1.82) is 0 Å². The van der Waals surface area contributed by atoms with Gasteiger partial charge in [-0.1, -0.05) is 11.6 Å². The van der Waals surface area contributed by atoms with E-state index in [-0.39, 0.29) is 24.6 Å². The van der Waals surface area contributed by atoms with Gasteiger partial charge < -0.3 is 19.7 Å². The average Bonchev–Trinajstić information content (AvgIpc) is 2.95. The molecule has 2 atom stereocenters. The van der Waals surface area contributed by atoms with Crippen molar-refractivity contribution in [3.8, 4) is 5.75 Å². The van der Waals surface area contributed by atoms with Crippen LogP contribution in [0.25, 0.3) is 0 Å². The zero-order chi connectivity index (χ0) is 18.2. The number of rotatable bonds is 4. The summed E-state index contributed by atoms with van der Waals surface area (Å²) < 4.78 is 10.8. The van der Waals surface area contributed by atoms with Gasteiger partial charge in [-0.05, 0) is 45.0 Å². The van der Waals surface area contributed by atoms with Crippen molar-refractivity contribution < 1.29 is 19.1 Å². The molecule has 0 radical (unpaired) electrons. The van der Waals surface area contributed by atoms with Crippen molar-refractivity contribution in [2.75, 3.05) is 19.7 Å². The largest absolute Gasteiger partial charge is 0.484 e. The van der Waals surface area contributed by atoms with Crippen molar-refractivity contribution >= 4 is 23.6 Å². The summed E-state index contributed by atoms with van der Waals surface area (Å²) in [5, 5.41) is 3.60. The van der Waals surface area contributed by atoms with E-state index in [0.29, 0.717) is 35.7 Å². The molecule has 1 N–H and O–H groups in total.